The van der Waals surface area contributed by atoms with Crippen molar-refractivity contribution in [3.05, 3.63) is 23.7 Å². The largest absolute Gasteiger partial charge is 0.384 e. The Kier molecular flexibility index (Phi) is 3.16. The Morgan fingerprint density at radius 3 is 2.76 bits per heavy atom. The van der Waals surface area contributed by atoms with E-state index in [0.717, 1.165) is 5.69 Å². The van der Waals surface area contributed by atoms with Gasteiger partial charge in [-0.1, -0.05) is 0 Å². The second-order valence-electron chi connectivity index (χ2n) is 3.50. The van der Waals surface area contributed by atoms with Gasteiger partial charge >= 0.3 is 0 Å². The summed E-state index contributed by atoms with van der Waals surface area (Å²) in [5.41, 5.74) is 7.66. The average molecular weight is 253 g/mol. The van der Waals surface area contributed by atoms with Crippen LogP contribution in [0, 0.1) is 6.92 Å². The molecule has 0 spiro atoms. The number of rotatable bonds is 3. The van der Waals surface area contributed by atoms with Crippen molar-refractivity contribution in [1.82, 2.24) is 20.2 Å². The van der Waals surface area contributed by atoms with Gasteiger partial charge in [0.05, 0.1) is 5.69 Å². The number of nitrogens with one attached hydrogen (secondary N) is 1. The normalized spacial score (nSPS) is 12.6. The number of nitrogen functional groups attached to an aromatic ring is 1. The molecule has 2 heterocycles. The van der Waals surface area contributed by atoms with E-state index in [4.69, 9.17) is 10.3 Å². The molecule has 7 nitrogen and oxygen atoms in total. The number of anilines is 1. The molecule has 1 unspecified atom stereocenters. The number of nitrogens with zero attached hydrogens (tertiary/aromatic N) is 3. The van der Waals surface area contributed by atoms with Crippen LogP contribution in [0.4, 0.5) is 5.82 Å². The molecule has 0 aliphatic carbocycles. The Hall–Kier alpha value is -1.80. The Balaban J connectivity index is 2.41. The van der Waals surface area contributed by atoms with Crippen LogP contribution in [0.2, 0.25) is 0 Å². The first-order valence-electron chi connectivity index (χ1n) is 4.78. The van der Waals surface area contributed by atoms with Gasteiger partial charge in [0.1, 0.15) is 23.1 Å². The molecular weight excluding hydrogens is 242 g/mol. The van der Waals surface area contributed by atoms with Crippen molar-refractivity contribution in [2.45, 2.75) is 12.7 Å². The molecule has 2 aromatic rings. The van der Waals surface area contributed by atoms with Crippen molar-refractivity contribution < 1.29 is 8.76 Å². The van der Waals surface area contributed by atoms with Gasteiger partial charge in [-0.3, -0.25) is 5.10 Å². The van der Waals surface area contributed by atoms with Crippen LogP contribution in [0.15, 0.2) is 12.1 Å². The summed E-state index contributed by atoms with van der Waals surface area (Å²) in [6, 6.07) is 3.38. The molecule has 0 amide bonds. The van der Waals surface area contributed by atoms with E-state index in [1.807, 2.05) is 13.0 Å². The molecule has 0 aliphatic heterocycles. The Morgan fingerprint density at radius 2 is 2.18 bits per heavy atom. The lowest BCUT2D eigenvalue weighted by atomic mass is 10.2. The zero-order valence-corrected chi connectivity index (χ0v) is 9.86. The molecule has 2 rings (SSSR count). The van der Waals surface area contributed by atoms with E-state index in [1.165, 1.54) is 0 Å². The standard InChI is InChI=1S/C9H11N5O2S/c1-5-2-7(14-13-5)6-3-8(10)12-9(11-6)4-17(15)16/h2-3H,4H2,1H3,(H,13,14)(H,15,16)(H2,10,11,12). The lowest BCUT2D eigenvalue weighted by molar-refractivity contribution is 0.562. The molecule has 4 N–H and O–H groups in total. The molecule has 0 saturated heterocycles. The molecule has 2 aromatic heterocycles. The summed E-state index contributed by atoms with van der Waals surface area (Å²) in [7, 11) is 0. The van der Waals surface area contributed by atoms with Crippen LogP contribution in [0.25, 0.3) is 11.4 Å². The fraction of sp³-hybridized carbons (Fsp3) is 0.222. The second kappa shape index (κ2) is 4.60. The zero-order valence-electron chi connectivity index (χ0n) is 9.04. The van der Waals surface area contributed by atoms with Gasteiger partial charge < -0.3 is 10.3 Å². The van der Waals surface area contributed by atoms with Crippen LogP contribution >= 0.6 is 0 Å². The maximum Gasteiger partial charge on any atom is 0.160 e. The first-order valence-corrected chi connectivity index (χ1v) is 6.05. The summed E-state index contributed by atoms with van der Waals surface area (Å²) >= 11 is -1.99. The molecular formula is C9H11N5O2S. The highest BCUT2D eigenvalue weighted by Gasteiger charge is 2.09. The van der Waals surface area contributed by atoms with Crippen molar-refractivity contribution in [3.8, 4) is 11.4 Å². The molecule has 0 fully saturated rings. The average Bonchev–Trinajstić information content (AvgIpc) is 2.62. The summed E-state index contributed by atoms with van der Waals surface area (Å²) < 4.78 is 19.5. The third kappa shape index (κ3) is 2.86. The van der Waals surface area contributed by atoms with Crippen molar-refractivity contribution in [3.63, 3.8) is 0 Å². The van der Waals surface area contributed by atoms with Crippen LogP contribution in [0.5, 0.6) is 0 Å². The minimum atomic E-state index is -1.99. The molecule has 0 aromatic carbocycles. The van der Waals surface area contributed by atoms with Gasteiger partial charge in [-0.2, -0.15) is 5.10 Å². The number of H-pyrrole nitrogens is 1. The molecule has 17 heavy (non-hydrogen) atoms. The van der Waals surface area contributed by atoms with E-state index in [2.05, 4.69) is 20.2 Å². The van der Waals surface area contributed by atoms with Gasteiger partial charge in [0.2, 0.25) is 0 Å². The van der Waals surface area contributed by atoms with Crippen LogP contribution in [0.3, 0.4) is 0 Å². The SMILES string of the molecule is Cc1cc(-c2cc(N)nc(CS(=O)O)n2)n[nH]1. The Bertz CT molecular complexity index is 568. The van der Waals surface area contributed by atoms with Crippen LogP contribution < -0.4 is 5.73 Å². The van der Waals surface area contributed by atoms with E-state index in [1.54, 1.807) is 6.07 Å². The highest BCUT2D eigenvalue weighted by atomic mass is 32.2. The van der Waals surface area contributed by atoms with Crippen LogP contribution in [-0.4, -0.2) is 28.9 Å². The molecule has 0 radical (unpaired) electrons. The van der Waals surface area contributed by atoms with Crippen molar-refractivity contribution in [2.75, 3.05) is 5.73 Å². The molecule has 0 bridgehead atoms. The molecule has 8 heteroatoms. The van der Waals surface area contributed by atoms with Gasteiger partial charge in [-0.25, -0.2) is 14.2 Å². The lowest BCUT2D eigenvalue weighted by Crippen LogP contribution is -2.04. The van der Waals surface area contributed by atoms with E-state index in [9.17, 15) is 4.21 Å². The fourth-order valence-electron chi connectivity index (χ4n) is 1.37. The number of aromatic nitrogens is 4. The van der Waals surface area contributed by atoms with Crippen LogP contribution in [-0.2, 0) is 16.8 Å². The van der Waals surface area contributed by atoms with E-state index >= 15 is 0 Å². The molecule has 1 atom stereocenters. The van der Waals surface area contributed by atoms with Gasteiger partial charge in [0.15, 0.2) is 11.1 Å². The van der Waals surface area contributed by atoms with E-state index in [-0.39, 0.29) is 17.4 Å². The topological polar surface area (TPSA) is 118 Å². The lowest BCUT2D eigenvalue weighted by Gasteiger charge is -2.01. The number of hydrogen-bond acceptors (Lipinski definition) is 5. The minimum absolute atomic E-state index is 0.151. The number of aromatic amines is 1. The van der Waals surface area contributed by atoms with E-state index in [0.29, 0.717) is 11.4 Å². The maximum absolute atomic E-state index is 10.7. The van der Waals surface area contributed by atoms with Crippen molar-refractivity contribution >= 4 is 16.9 Å². The highest BCUT2D eigenvalue weighted by molar-refractivity contribution is 7.78. The number of nitrogens with two attached hydrogens (primary N) is 1. The Morgan fingerprint density at radius 1 is 1.41 bits per heavy atom. The predicted octanol–water partition coefficient (Wildman–Crippen LogP) is 0.479. The third-order valence-electron chi connectivity index (χ3n) is 2.01. The predicted molar refractivity (Wildman–Crippen MR) is 63.2 cm³/mol. The fourth-order valence-corrected chi connectivity index (χ4v) is 1.72. The summed E-state index contributed by atoms with van der Waals surface area (Å²) in [5.74, 6) is 0.319. The molecule has 90 valence electrons. The van der Waals surface area contributed by atoms with Crippen molar-refractivity contribution in [2.24, 2.45) is 0 Å². The summed E-state index contributed by atoms with van der Waals surface area (Å²) in [6.07, 6.45) is 0. The number of hydrogen-bond donors (Lipinski definition) is 3. The summed E-state index contributed by atoms with van der Waals surface area (Å²) in [4.78, 5) is 8.01. The minimum Gasteiger partial charge on any atom is -0.384 e. The second-order valence-corrected chi connectivity index (χ2v) is 4.43. The summed E-state index contributed by atoms with van der Waals surface area (Å²) in [5, 5.41) is 6.82. The van der Waals surface area contributed by atoms with Crippen LogP contribution in [0.1, 0.15) is 11.5 Å². The third-order valence-corrected chi connectivity index (χ3v) is 2.52. The smallest absolute Gasteiger partial charge is 0.160 e. The van der Waals surface area contributed by atoms with E-state index < -0.39 is 11.1 Å². The Labute approximate surface area is 99.8 Å². The van der Waals surface area contributed by atoms with Crippen molar-refractivity contribution in [1.29, 1.82) is 0 Å². The maximum atomic E-state index is 10.7. The van der Waals surface area contributed by atoms with Gasteiger partial charge in [0.25, 0.3) is 0 Å². The monoisotopic (exact) mass is 253 g/mol. The quantitative estimate of drug-likeness (QED) is 0.685. The first-order chi connectivity index (χ1) is 8.04. The van der Waals surface area contributed by atoms with Gasteiger partial charge in [0, 0.05) is 11.8 Å². The van der Waals surface area contributed by atoms with Gasteiger partial charge in [-0.05, 0) is 13.0 Å². The summed E-state index contributed by atoms with van der Waals surface area (Å²) in [6.45, 7) is 1.87. The first kappa shape index (κ1) is 11.7. The van der Waals surface area contributed by atoms with Gasteiger partial charge in [-0.15, -0.1) is 0 Å². The molecule has 0 aliphatic rings. The number of aryl methyl sites for hydroxylation is 1. The highest BCUT2D eigenvalue weighted by Crippen LogP contribution is 2.17. The zero-order chi connectivity index (χ0) is 12.4. The molecule has 0 saturated carbocycles.